The van der Waals surface area contributed by atoms with Gasteiger partial charge in [-0.3, -0.25) is 4.68 Å². The van der Waals surface area contributed by atoms with E-state index in [0.717, 1.165) is 24.2 Å². The quantitative estimate of drug-likeness (QED) is 0.910. The third-order valence-electron chi connectivity index (χ3n) is 6.25. The lowest BCUT2D eigenvalue weighted by atomic mass is 9.53. The summed E-state index contributed by atoms with van der Waals surface area (Å²) < 4.78 is 2.37. The Morgan fingerprint density at radius 3 is 2.35 bits per heavy atom. The van der Waals surface area contributed by atoms with Gasteiger partial charge in [0.05, 0.1) is 11.7 Å². The van der Waals surface area contributed by atoms with Crippen molar-refractivity contribution in [3.63, 3.8) is 0 Å². The SMILES string of the molecule is CCC(NC)c1cnn(C23CC4CC(CC(C4)C2)C3)c1. The molecular formula is C17H27N3. The third kappa shape index (κ3) is 1.86. The molecule has 1 unspecified atom stereocenters. The van der Waals surface area contributed by atoms with Gasteiger partial charge in [0, 0.05) is 17.8 Å². The fraction of sp³-hybridized carbons (Fsp3) is 0.824. The highest BCUT2D eigenvalue weighted by Gasteiger charge is 2.52. The molecule has 1 aromatic rings. The lowest BCUT2D eigenvalue weighted by molar-refractivity contribution is -0.0494. The second-order valence-corrected chi connectivity index (χ2v) is 7.61. The summed E-state index contributed by atoms with van der Waals surface area (Å²) in [5, 5.41) is 8.20. The summed E-state index contributed by atoms with van der Waals surface area (Å²) in [5.74, 6) is 2.96. The summed E-state index contributed by atoms with van der Waals surface area (Å²) in [6.45, 7) is 2.24. The average molecular weight is 273 g/mol. The maximum atomic E-state index is 4.80. The minimum atomic E-state index is 0.374. The molecule has 0 radical (unpaired) electrons. The molecule has 1 aromatic heterocycles. The van der Waals surface area contributed by atoms with Gasteiger partial charge in [-0.2, -0.15) is 5.10 Å². The molecule has 1 atom stereocenters. The van der Waals surface area contributed by atoms with Gasteiger partial charge < -0.3 is 5.32 Å². The maximum absolute atomic E-state index is 4.80. The predicted molar refractivity (Wildman–Crippen MR) is 80.5 cm³/mol. The fourth-order valence-corrected chi connectivity index (χ4v) is 5.73. The Labute approximate surface area is 122 Å². The normalized spacial score (nSPS) is 40.2. The Balaban J connectivity index is 1.64. The van der Waals surface area contributed by atoms with Crippen LogP contribution in [0.2, 0.25) is 0 Å². The number of nitrogens with one attached hydrogen (secondary N) is 1. The molecular weight excluding hydrogens is 246 g/mol. The van der Waals surface area contributed by atoms with Crippen molar-refractivity contribution in [2.75, 3.05) is 7.05 Å². The van der Waals surface area contributed by atoms with Gasteiger partial charge in [-0.05, 0) is 69.7 Å². The summed E-state index contributed by atoms with van der Waals surface area (Å²) in [5.41, 5.74) is 1.74. The standard InChI is InChI=1S/C17H27N3/c1-3-16(18-2)15-10-19-20(11-15)17-7-12-4-13(8-17)6-14(5-12)9-17/h10-14,16,18H,3-9H2,1-2H3. The molecule has 4 aliphatic carbocycles. The summed E-state index contributed by atoms with van der Waals surface area (Å²) in [6.07, 6.45) is 14.2. The summed E-state index contributed by atoms with van der Waals surface area (Å²) in [4.78, 5) is 0. The number of hydrogen-bond donors (Lipinski definition) is 1. The summed E-state index contributed by atoms with van der Waals surface area (Å²) in [7, 11) is 2.05. The molecule has 1 N–H and O–H groups in total. The number of rotatable bonds is 4. The molecule has 0 spiro atoms. The van der Waals surface area contributed by atoms with Crippen LogP contribution >= 0.6 is 0 Å². The van der Waals surface area contributed by atoms with Gasteiger partial charge in [-0.1, -0.05) is 6.92 Å². The van der Waals surface area contributed by atoms with Crippen LogP contribution in [0.5, 0.6) is 0 Å². The smallest absolute Gasteiger partial charge is 0.0635 e. The first kappa shape index (κ1) is 12.9. The zero-order valence-electron chi connectivity index (χ0n) is 12.8. The first-order valence-corrected chi connectivity index (χ1v) is 8.44. The van der Waals surface area contributed by atoms with E-state index < -0.39 is 0 Å². The molecule has 4 saturated carbocycles. The summed E-state index contributed by atoms with van der Waals surface area (Å²) >= 11 is 0. The molecule has 110 valence electrons. The van der Waals surface area contributed by atoms with Crippen LogP contribution < -0.4 is 5.32 Å². The van der Waals surface area contributed by atoms with Gasteiger partial charge in [-0.15, -0.1) is 0 Å². The van der Waals surface area contributed by atoms with E-state index >= 15 is 0 Å². The Morgan fingerprint density at radius 1 is 1.25 bits per heavy atom. The van der Waals surface area contributed by atoms with E-state index in [1.54, 1.807) is 0 Å². The monoisotopic (exact) mass is 273 g/mol. The molecule has 5 rings (SSSR count). The van der Waals surface area contributed by atoms with Crippen LogP contribution in [0.3, 0.4) is 0 Å². The first-order valence-electron chi connectivity index (χ1n) is 8.44. The van der Waals surface area contributed by atoms with E-state index in [2.05, 4.69) is 36.4 Å². The van der Waals surface area contributed by atoms with Crippen molar-refractivity contribution in [1.82, 2.24) is 15.1 Å². The Hall–Kier alpha value is -0.830. The predicted octanol–water partition coefficient (Wildman–Crippen LogP) is 3.48. The highest BCUT2D eigenvalue weighted by Crippen LogP contribution is 2.58. The topological polar surface area (TPSA) is 29.9 Å². The molecule has 1 heterocycles. The van der Waals surface area contributed by atoms with Gasteiger partial charge in [0.25, 0.3) is 0 Å². The largest absolute Gasteiger partial charge is 0.313 e. The zero-order valence-corrected chi connectivity index (χ0v) is 12.8. The maximum Gasteiger partial charge on any atom is 0.0635 e. The molecule has 3 nitrogen and oxygen atoms in total. The third-order valence-corrected chi connectivity index (χ3v) is 6.25. The van der Waals surface area contributed by atoms with E-state index in [-0.39, 0.29) is 0 Å². The van der Waals surface area contributed by atoms with E-state index in [9.17, 15) is 0 Å². The van der Waals surface area contributed by atoms with Crippen LogP contribution in [0, 0.1) is 17.8 Å². The molecule has 4 fully saturated rings. The summed E-state index contributed by atoms with van der Waals surface area (Å²) in [6, 6.07) is 0.456. The van der Waals surface area contributed by atoms with Crippen LogP contribution in [0.1, 0.15) is 63.5 Å². The van der Waals surface area contributed by atoms with E-state index in [1.807, 2.05) is 0 Å². The van der Waals surface area contributed by atoms with E-state index in [0.29, 0.717) is 11.6 Å². The number of hydrogen-bond acceptors (Lipinski definition) is 2. The van der Waals surface area contributed by atoms with E-state index in [4.69, 9.17) is 5.10 Å². The van der Waals surface area contributed by atoms with Crippen molar-refractivity contribution in [3.05, 3.63) is 18.0 Å². The van der Waals surface area contributed by atoms with Crippen molar-refractivity contribution < 1.29 is 0 Å². The lowest BCUT2D eigenvalue weighted by Gasteiger charge is -2.56. The second-order valence-electron chi connectivity index (χ2n) is 7.61. The van der Waals surface area contributed by atoms with Gasteiger partial charge in [-0.25, -0.2) is 0 Å². The van der Waals surface area contributed by atoms with Crippen LogP contribution in [0.15, 0.2) is 12.4 Å². The highest BCUT2D eigenvalue weighted by atomic mass is 15.3. The van der Waals surface area contributed by atoms with Gasteiger partial charge in [0.1, 0.15) is 0 Å². The van der Waals surface area contributed by atoms with Crippen molar-refractivity contribution >= 4 is 0 Å². The van der Waals surface area contributed by atoms with Gasteiger partial charge in [0.15, 0.2) is 0 Å². The van der Waals surface area contributed by atoms with Crippen molar-refractivity contribution in [2.24, 2.45) is 17.8 Å². The highest BCUT2D eigenvalue weighted by molar-refractivity contribution is 5.14. The average Bonchev–Trinajstić information content (AvgIpc) is 2.89. The van der Waals surface area contributed by atoms with Crippen LogP contribution in [0.4, 0.5) is 0 Å². The zero-order chi connectivity index (χ0) is 13.7. The van der Waals surface area contributed by atoms with Crippen molar-refractivity contribution in [1.29, 1.82) is 0 Å². The lowest BCUT2D eigenvalue weighted by Crippen LogP contribution is -2.52. The van der Waals surface area contributed by atoms with Gasteiger partial charge in [0.2, 0.25) is 0 Å². The van der Waals surface area contributed by atoms with Crippen LogP contribution in [0.25, 0.3) is 0 Å². The van der Waals surface area contributed by atoms with E-state index in [1.165, 1.54) is 44.1 Å². The molecule has 0 aliphatic heterocycles. The van der Waals surface area contributed by atoms with Gasteiger partial charge >= 0.3 is 0 Å². The Morgan fingerprint density at radius 2 is 1.85 bits per heavy atom. The second kappa shape index (κ2) is 4.59. The fourth-order valence-electron chi connectivity index (χ4n) is 5.73. The number of nitrogens with zero attached hydrogens (tertiary/aromatic N) is 2. The number of aromatic nitrogens is 2. The molecule has 0 saturated heterocycles. The molecule has 4 bridgehead atoms. The minimum Gasteiger partial charge on any atom is -0.313 e. The molecule has 0 amide bonds. The molecule has 3 heteroatoms. The van der Waals surface area contributed by atoms with Crippen molar-refractivity contribution in [2.45, 2.75) is 63.5 Å². The molecule has 4 aliphatic rings. The molecule has 0 aromatic carbocycles. The Kier molecular flexibility index (Phi) is 2.95. The Bertz CT molecular complexity index is 451. The first-order chi connectivity index (χ1) is 9.72. The van der Waals surface area contributed by atoms with Crippen molar-refractivity contribution in [3.8, 4) is 0 Å². The van der Waals surface area contributed by atoms with Crippen LogP contribution in [-0.2, 0) is 5.54 Å². The molecule has 20 heavy (non-hydrogen) atoms. The minimum absolute atomic E-state index is 0.374. The van der Waals surface area contributed by atoms with Crippen LogP contribution in [-0.4, -0.2) is 16.8 Å².